The average molecular weight is 393 g/mol. The van der Waals surface area contributed by atoms with Crippen LogP contribution in [0, 0.1) is 5.92 Å². The number of aliphatic hydroxyl groups excluding tert-OH is 1. The molecule has 1 fully saturated rings. The molecule has 0 aromatic carbocycles. The number of ether oxygens (including phenoxy) is 2. The Bertz CT molecular complexity index is 513. The van der Waals surface area contributed by atoms with Crippen LogP contribution in [-0.2, 0) is 20.5 Å². The lowest BCUT2D eigenvalue weighted by Crippen LogP contribution is -2.67. The standard InChI is InChI=1S/C18H36N2O5S/c1-13(2)14(19-26(23)17(6,7)8)18(12-21)11-20(9-10-24-18)15(22)25-16(3,4)5/h13-14,19,21H,9-12H2,1-8H3. The molecule has 1 heterocycles. The van der Waals surface area contributed by atoms with Gasteiger partial charge in [-0.15, -0.1) is 0 Å². The zero-order valence-corrected chi connectivity index (χ0v) is 18.2. The predicted molar refractivity (Wildman–Crippen MR) is 103 cm³/mol. The Hall–Kier alpha value is -0.700. The van der Waals surface area contributed by atoms with Crippen molar-refractivity contribution in [3.8, 4) is 0 Å². The van der Waals surface area contributed by atoms with Crippen LogP contribution in [0.4, 0.5) is 4.79 Å². The maximum Gasteiger partial charge on any atom is 0.410 e. The molecule has 1 aliphatic rings. The van der Waals surface area contributed by atoms with E-state index in [0.717, 1.165) is 0 Å². The summed E-state index contributed by atoms with van der Waals surface area (Å²) in [6.45, 7) is 15.6. The van der Waals surface area contributed by atoms with E-state index in [4.69, 9.17) is 9.47 Å². The molecular formula is C18H36N2O5S. The summed E-state index contributed by atoms with van der Waals surface area (Å²) >= 11 is 0. The Kier molecular flexibility index (Phi) is 7.67. The van der Waals surface area contributed by atoms with Gasteiger partial charge in [-0.1, -0.05) is 13.8 Å². The molecule has 1 amide bonds. The van der Waals surface area contributed by atoms with Gasteiger partial charge in [-0.05, 0) is 47.5 Å². The molecule has 0 spiro atoms. The zero-order chi connectivity index (χ0) is 20.3. The van der Waals surface area contributed by atoms with Crippen molar-refractivity contribution in [3.05, 3.63) is 0 Å². The first-order chi connectivity index (χ1) is 11.7. The molecule has 3 unspecified atom stereocenters. The number of carbonyl (C=O) groups excluding carboxylic acids is 1. The fourth-order valence-corrected chi connectivity index (χ4v) is 3.89. The summed E-state index contributed by atoms with van der Waals surface area (Å²) < 4.78 is 26.7. The van der Waals surface area contributed by atoms with Gasteiger partial charge in [0.1, 0.15) is 11.2 Å². The lowest BCUT2D eigenvalue weighted by Gasteiger charge is -2.47. The second kappa shape index (κ2) is 8.54. The Balaban J connectivity index is 3.05. The van der Waals surface area contributed by atoms with Crippen LogP contribution in [0.1, 0.15) is 55.4 Å². The van der Waals surface area contributed by atoms with Crippen LogP contribution in [-0.4, -0.2) is 68.6 Å². The Morgan fingerprint density at radius 3 is 2.31 bits per heavy atom. The van der Waals surface area contributed by atoms with E-state index in [9.17, 15) is 14.1 Å². The van der Waals surface area contributed by atoms with Gasteiger partial charge < -0.3 is 19.5 Å². The van der Waals surface area contributed by atoms with Crippen molar-refractivity contribution in [2.24, 2.45) is 5.92 Å². The van der Waals surface area contributed by atoms with Crippen LogP contribution in [0.25, 0.3) is 0 Å². The highest BCUT2D eigenvalue weighted by Gasteiger charge is 2.47. The predicted octanol–water partition coefficient (Wildman–Crippen LogP) is 2.06. The SMILES string of the molecule is CC(C)C(NS(=O)C(C)(C)C)C1(CO)CN(C(=O)OC(C)(C)C)CCO1. The molecule has 2 N–H and O–H groups in total. The molecule has 0 aromatic rings. The van der Waals surface area contributed by atoms with Crippen molar-refractivity contribution in [2.75, 3.05) is 26.3 Å². The number of hydrogen-bond acceptors (Lipinski definition) is 5. The van der Waals surface area contributed by atoms with Gasteiger partial charge >= 0.3 is 6.09 Å². The van der Waals surface area contributed by atoms with Crippen LogP contribution in [0.2, 0.25) is 0 Å². The topological polar surface area (TPSA) is 88.1 Å². The maximum atomic E-state index is 12.6. The Morgan fingerprint density at radius 2 is 1.88 bits per heavy atom. The van der Waals surface area contributed by atoms with E-state index in [-0.39, 0.29) is 25.7 Å². The monoisotopic (exact) mass is 392 g/mol. The number of rotatable bonds is 5. The summed E-state index contributed by atoms with van der Waals surface area (Å²) in [7, 11) is -1.33. The summed E-state index contributed by atoms with van der Waals surface area (Å²) in [5.74, 6) is 0.0343. The third-order valence-corrected chi connectivity index (χ3v) is 5.73. The van der Waals surface area contributed by atoms with E-state index in [1.165, 1.54) is 0 Å². The number of nitrogens with zero attached hydrogens (tertiary/aromatic N) is 1. The highest BCUT2D eigenvalue weighted by Crippen LogP contribution is 2.28. The maximum absolute atomic E-state index is 12.6. The second-order valence-corrected chi connectivity index (χ2v) is 11.2. The Labute approximate surface area is 160 Å². The fraction of sp³-hybridized carbons (Fsp3) is 0.944. The van der Waals surface area contributed by atoms with Crippen molar-refractivity contribution >= 4 is 17.1 Å². The summed E-state index contributed by atoms with van der Waals surface area (Å²) in [4.78, 5) is 14.0. The molecule has 8 heteroatoms. The fourth-order valence-electron chi connectivity index (χ4n) is 2.81. The number of hydrogen-bond donors (Lipinski definition) is 2. The lowest BCUT2D eigenvalue weighted by molar-refractivity contribution is -0.151. The highest BCUT2D eigenvalue weighted by molar-refractivity contribution is 7.84. The van der Waals surface area contributed by atoms with Gasteiger partial charge in [0.05, 0.1) is 41.5 Å². The van der Waals surface area contributed by atoms with Crippen LogP contribution in [0.5, 0.6) is 0 Å². The van der Waals surface area contributed by atoms with E-state index < -0.39 is 39.1 Å². The van der Waals surface area contributed by atoms with Crippen molar-refractivity contribution in [3.63, 3.8) is 0 Å². The van der Waals surface area contributed by atoms with E-state index in [0.29, 0.717) is 6.54 Å². The normalized spacial score (nSPS) is 24.5. The van der Waals surface area contributed by atoms with E-state index >= 15 is 0 Å². The lowest BCUT2D eigenvalue weighted by atomic mass is 9.86. The van der Waals surface area contributed by atoms with Gasteiger partial charge in [0, 0.05) is 6.54 Å². The van der Waals surface area contributed by atoms with Crippen molar-refractivity contribution in [1.82, 2.24) is 9.62 Å². The summed E-state index contributed by atoms with van der Waals surface area (Å²) in [5.41, 5.74) is -1.63. The molecule has 0 saturated carbocycles. The first kappa shape index (κ1) is 23.3. The molecule has 7 nitrogen and oxygen atoms in total. The Morgan fingerprint density at radius 1 is 1.31 bits per heavy atom. The van der Waals surface area contributed by atoms with Crippen LogP contribution in [0.15, 0.2) is 0 Å². The number of aliphatic hydroxyl groups is 1. The number of carbonyl (C=O) groups is 1. The number of nitrogens with one attached hydrogen (secondary N) is 1. The third-order valence-electron chi connectivity index (χ3n) is 4.15. The molecule has 0 radical (unpaired) electrons. The summed E-state index contributed by atoms with van der Waals surface area (Å²) in [6.07, 6.45) is -0.432. The first-order valence-corrected chi connectivity index (χ1v) is 10.3. The summed E-state index contributed by atoms with van der Waals surface area (Å²) in [5, 5.41) is 10.2. The molecule has 1 saturated heterocycles. The van der Waals surface area contributed by atoms with Crippen molar-refractivity contribution in [2.45, 2.75) is 77.4 Å². The van der Waals surface area contributed by atoms with E-state index in [1.54, 1.807) is 4.90 Å². The second-order valence-electron chi connectivity index (χ2n) is 9.19. The molecule has 0 bridgehead atoms. The molecule has 26 heavy (non-hydrogen) atoms. The van der Waals surface area contributed by atoms with Crippen LogP contribution < -0.4 is 4.72 Å². The molecule has 3 atom stereocenters. The minimum Gasteiger partial charge on any atom is -0.444 e. The van der Waals surface area contributed by atoms with Crippen molar-refractivity contribution in [1.29, 1.82) is 0 Å². The van der Waals surface area contributed by atoms with Crippen LogP contribution >= 0.6 is 0 Å². The third kappa shape index (κ3) is 6.18. The van der Waals surface area contributed by atoms with E-state index in [2.05, 4.69) is 4.72 Å². The summed E-state index contributed by atoms with van der Waals surface area (Å²) in [6, 6.07) is -0.391. The molecular weight excluding hydrogens is 356 g/mol. The number of amides is 1. The van der Waals surface area contributed by atoms with Gasteiger partial charge in [0.25, 0.3) is 0 Å². The molecule has 0 aromatic heterocycles. The van der Waals surface area contributed by atoms with Gasteiger partial charge in [-0.2, -0.15) is 0 Å². The molecule has 1 aliphatic heterocycles. The highest BCUT2D eigenvalue weighted by atomic mass is 32.2. The van der Waals surface area contributed by atoms with Gasteiger partial charge in [-0.25, -0.2) is 13.7 Å². The van der Waals surface area contributed by atoms with E-state index in [1.807, 2.05) is 55.4 Å². The molecule has 1 rings (SSSR count). The minimum absolute atomic E-state index is 0.0343. The van der Waals surface area contributed by atoms with Gasteiger partial charge in [0.15, 0.2) is 0 Å². The first-order valence-electron chi connectivity index (χ1n) is 9.12. The minimum atomic E-state index is -1.33. The van der Waals surface area contributed by atoms with Gasteiger partial charge in [0.2, 0.25) is 0 Å². The smallest absolute Gasteiger partial charge is 0.410 e. The average Bonchev–Trinajstić information content (AvgIpc) is 2.49. The number of morpholine rings is 1. The van der Waals surface area contributed by atoms with Crippen molar-refractivity contribution < 1.29 is 23.6 Å². The quantitative estimate of drug-likeness (QED) is 0.748. The van der Waals surface area contributed by atoms with Crippen LogP contribution in [0.3, 0.4) is 0 Å². The largest absolute Gasteiger partial charge is 0.444 e. The zero-order valence-electron chi connectivity index (χ0n) is 17.4. The van der Waals surface area contributed by atoms with Gasteiger partial charge in [-0.3, -0.25) is 0 Å². The molecule has 154 valence electrons. The molecule has 0 aliphatic carbocycles.